The van der Waals surface area contributed by atoms with Gasteiger partial charge in [0, 0.05) is 31.4 Å². The number of pyridine rings is 1. The minimum absolute atomic E-state index is 0.0213. The summed E-state index contributed by atoms with van der Waals surface area (Å²) < 4.78 is 0. The topological polar surface area (TPSA) is 62.5 Å². The lowest BCUT2D eigenvalue weighted by Gasteiger charge is -2.21. The zero-order valence-electron chi connectivity index (χ0n) is 12.4. The predicted octanol–water partition coefficient (Wildman–Crippen LogP) is 1.39. The van der Waals surface area contributed by atoms with Crippen LogP contribution in [-0.4, -0.2) is 53.9 Å². The Hall–Kier alpha value is -1.62. The van der Waals surface area contributed by atoms with Crippen LogP contribution in [0, 0.1) is 0 Å². The Morgan fingerprint density at radius 2 is 2.10 bits per heavy atom. The van der Waals surface area contributed by atoms with Gasteiger partial charge in [0.05, 0.1) is 0 Å². The van der Waals surface area contributed by atoms with Crippen molar-refractivity contribution in [1.29, 1.82) is 0 Å². The van der Waals surface area contributed by atoms with E-state index in [1.807, 2.05) is 20.0 Å². The second-order valence-corrected chi connectivity index (χ2v) is 5.40. The summed E-state index contributed by atoms with van der Waals surface area (Å²) in [5, 5.41) is 0. The van der Waals surface area contributed by atoms with E-state index >= 15 is 0 Å². The number of nitrogen functional groups attached to an aromatic ring is 1. The van der Waals surface area contributed by atoms with Gasteiger partial charge in [0.25, 0.3) is 5.91 Å². The molecule has 2 N–H and O–H groups in total. The molecule has 2 rings (SSSR count). The second kappa shape index (κ2) is 6.70. The molecule has 1 aromatic rings. The first-order chi connectivity index (χ1) is 9.60. The Balaban J connectivity index is 1.96. The molecule has 0 spiro atoms. The normalized spacial score (nSPS) is 15.5. The van der Waals surface area contributed by atoms with Crippen molar-refractivity contribution in [3.8, 4) is 0 Å². The molecule has 1 aliphatic rings. The molecule has 1 amide bonds. The molecule has 2 heterocycles. The molecule has 1 aromatic heterocycles. The molecule has 20 heavy (non-hydrogen) atoms. The van der Waals surface area contributed by atoms with Crippen molar-refractivity contribution in [2.24, 2.45) is 0 Å². The van der Waals surface area contributed by atoms with Crippen LogP contribution in [0.25, 0.3) is 0 Å². The maximum absolute atomic E-state index is 12.4. The van der Waals surface area contributed by atoms with Crippen molar-refractivity contribution in [2.45, 2.75) is 26.2 Å². The van der Waals surface area contributed by atoms with E-state index in [2.05, 4.69) is 9.88 Å². The lowest BCUT2D eigenvalue weighted by Crippen LogP contribution is -2.35. The summed E-state index contributed by atoms with van der Waals surface area (Å²) in [4.78, 5) is 20.8. The quantitative estimate of drug-likeness (QED) is 0.883. The maximum atomic E-state index is 12.4. The number of hydrogen-bond acceptors (Lipinski definition) is 4. The Morgan fingerprint density at radius 1 is 1.40 bits per heavy atom. The zero-order valence-corrected chi connectivity index (χ0v) is 12.4. The number of aromatic nitrogens is 1. The van der Waals surface area contributed by atoms with E-state index in [1.165, 1.54) is 12.8 Å². The van der Waals surface area contributed by atoms with E-state index < -0.39 is 0 Å². The molecule has 1 saturated heterocycles. The molecule has 0 aromatic carbocycles. The van der Waals surface area contributed by atoms with Gasteiger partial charge in [-0.2, -0.15) is 0 Å². The summed E-state index contributed by atoms with van der Waals surface area (Å²) >= 11 is 0. The lowest BCUT2D eigenvalue weighted by atomic mass is 10.1. The fourth-order valence-electron chi connectivity index (χ4n) is 2.54. The summed E-state index contributed by atoms with van der Waals surface area (Å²) in [5.74, 6) is 0.439. The van der Waals surface area contributed by atoms with Gasteiger partial charge in [-0.25, -0.2) is 4.98 Å². The number of carbonyl (C=O) groups excluding carboxylic acids is 1. The highest BCUT2D eigenvalue weighted by molar-refractivity contribution is 5.94. The average Bonchev–Trinajstić information content (AvgIpc) is 2.96. The van der Waals surface area contributed by atoms with Crippen LogP contribution in [0.3, 0.4) is 0 Å². The van der Waals surface area contributed by atoms with Gasteiger partial charge in [-0.05, 0) is 44.5 Å². The minimum atomic E-state index is 0.0213. The molecule has 0 atom stereocenters. The number of likely N-dealkylation sites (N-methyl/N-ethyl adjacent to an activating group) is 1. The highest BCUT2D eigenvalue weighted by atomic mass is 16.2. The van der Waals surface area contributed by atoms with Gasteiger partial charge in [0.1, 0.15) is 5.82 Å². The fourth-order valence-corrected chi connectivity index (χ4v) is 2.54. The zero-order chi connectivity index (χ0) is 14.5. The van der Waals surface area contributed by atoms with E-state index in [4.69, 9.17) is 5.73 Å². The molecular weight excluding hydrogens is 252 g/mol. The van der Waals surface area contributed by atoms with E-state index in [9.17, 15) is 4.79 Å². The van der Waals surface area contributed by atoms with Crippen LogP contribution in [0.4, 0.5) is 5.82 Å². The Bertz CT molecular complexity index is 469. The van der Waals surface area contributed by atoms with Gasteiger partial charge in [-0.1, -0.05) is 6.92 Å². The third-order valence-corrected chi connectivity index (χ3v) is 3.80. The van der Waals surface area contributed by atoms with Crippen LogP contribution in [0.5, 0.6) is 0 Å². The van der Waals surface area contributed by atoms with Gasteiger partial charge in [0.2, 0.25) is 0 Å². The molecule has 1 aliphatic heterocycles. The predicted molar refractivity (Wildman–Crippen MR) is 80.7 cm³/mol. The smallest absolute Gasteiger partial charge is 0.253 e. The number of nitrogens with two attached hydrogens (primary N) is 1. The van der Waals surface area contributed by atoms with Gasteiger partial charge in [0.15, 0.2) is 0 Å². The van der Waals surface area contributed by atoms with Gasteiger partial charge < -0.3 is 15.5 Å². The first-order valence-electron chi connectivity index (χ1n) is 7.34. The molecule has 1 fully saturated rings. The van der Waals surface area contributed by atoms with Crippen LogP contribution in [0.2, 0.25) is 0 Å². The lowest BCUT2D eigenvalue weighted by molar-refractivity contribution is 0.0782. The van der Waals surface area contributed by atoms with Gasteiger partial charge in [-0.15, -0.1) is 0 Å². The number of anilines is 1. The molecule has 5 heteroatoms. The Labute approximate surface area is 120 Å². The fraction of sp³-hybridized carbons (Fsp3) is 0.600. The summed E-state index contributed by atoms with van der Waals surface area (Å²) in [6, 6.07) is 3.50. The van der Waals surface area contributed by atoms with Crippen molar-refractivity contribution >= 4 is 11.7 Å². The standard InChI is InChI=1S/C15H24N4O/c1-3-13-10-12(11-14(16)17-13)15(20)18(2)8-9-19-6-4-5-7-19/h10-11H,3-9H2,1-2H3,(H2,16,17). The first kappa shape index (κ1) is 14.8. The van der Waals surface area contributed by atoms with Crippen LogP contribution in [0.15, 0.2) is 12.1 Å². The van der Waals surface area contributed by atoms with Crippen molar-refractivity contribution in [3.05, 3.63) is 23.4 Å². The summed E-state index contributed by atoms with van der Waals surface area (Å²) in [6.45, 7) is 6.02. The van der Waals surface area contributed by atoms with Crippen LogP contribution >= 0.6 is 0 Å². The molecule has 110 valence electrons. The second-order valence-electron chi connectivity index (χ2n) is 5.40. The number of hydrogen-bond donors (Lipinski definition) is 1. The number of aryl methyl sites for hydroxylation is 1. The van der Waals surface area contributed by atoms with Crippen LogP contribution in [-0.2, 0) is 6.42 Å². The van der Waals surface area contributed by atoms with E-state index in [0.717, 1.165) is 38.3 Å². The number of carbonyl (C=O) groups is 1. The van der Waals surface area contributed by atoms with Crippen molar-refractivity contribution in [3.63, 3.8) is 0 Å². The largest absolute Gasteiger partial charge is 0.384 e. The SMILES string of the molecule is CCc1cc(C(=O)N(C)CCN2CCCC2)cc(N)n1. The van der Waals surface area contributed by atoms with Crippen LogP contribution in [0.1, 0.15) is 35.8 Å². The van der Waals surface area contributed by atoms with E-state index in [0.29, 0.717) is 11.4 Å². The third kappa shape index (κ3) is 3.70. The molecular formula is C15H24N4O. The summed E-state index contributed by atoms with van der Waals surface area (Å²) in [6.07, 6.45) is 3.33. The Morgan fingerprint density at radius 3 is 2.75 bits per heavy atom. The number of nitrogens with zero attached hydrogens (tertiary/aromatic N) is 3. The van der Waals surface area contributed by atoms with Crippen molar-refractivity contribution in [1.82, 2.24) is 14.8 Å². The van der Waals surface area contributed by atoms with E-state index in [1.54, 1.807) is 11.0 Å². The van der Waals surface area contributed by atoms with E-state index in [-0.39, 0.29) is 5.91 Å². The van der Waals surface area contributed by atoms with Gasteiger partial charge >= 0.3 is 0 Å². The molecule has 5 nitrogen and oxygen atoms in total. The number of amides is 1. The van der Waals surface area contributed by atoms with Gasteiger partial charge in [-0.3, -0.25) is 4.79 Å². The highest BCUT2D eigenvalue weighted by Crippen LogP contribution is 2.11. The monoisotopic (exact) mass is 276 g/mol. The average molecular weight is 276 g/mol. The summed E-state index contributed by atoms with van der Waals surface area (Å²) in [5.41, 5.74) is 7.26. The Kier molecular flexibility index (Phi) is 4.95. The molecule has 0 bridgehead atoms. The molecule has 0 radical (unpaired) electrons. The number of rotatable bonds is 5. The van der Waals surface area contributed by atoms with Crippen LogP contribution < -0.4 is 5.73 Å². The van der Waals surface area contributed by atoms with Crippen molar-refractivity contribution in [2.75, 3.05) is 39.0 Å². The third-order valence-electron chi connectivity index (χ3n) is 3.80. The molecule has 0 unspecified atom stereocenters. The maximum Gasteiger partial charge on any atom is 0.253 e. The highest BCUT2D eigenvalue weighted by Gasteiger charge is 2.16. The number of likely N-dealkylation sites (tertiary alicyclic amines) is 1. The van der Waals surface area contributed by atoms with Crippen molar-refractivity contribution < 1.29 is 4.79 Å². The molecule has 0 saturated carbocycles. The minimum Gasteiger partial charge on any atom is -0.384 e. The first-order valence-corrected chi connectivity index (χ1v) is 7.34. The summed E-state index contributed by atoms with van der Waals surface area (Å²) in [7, 11) is 1.85. The molecule has 0 aliphatic carbocycles.